The molecule has 1 aromatic heterocycles. The Labute approximate surface area is 149 Å². The van der Waals surface area contributed by atoms with Gasteiger partial charge < -0.3 is 4.74 Å². The molecule has 0 radical (unpaired) electrons. The summed E-state index contributed by atoms with van der Waals surface area (Å²) in [4.78, 5) is 13.8. The van der Waals surface area contributed by atoms with Crippen molar-refractivity contribution in [1.82, 2.24) is 14.7 Å². The third-order valence-electron chi connectivity index (χ3n) is 3.40. The summed E-state index contributed by atoms with van der Waals surface area (Å²) in [5.41, 5.74) is -1.73. The summed E-state index contributed by atoms with van der Waals surface area (Å²) in [7, 11) is 5.02. The van der Waals surface area contributed by atoms with Crippen LogP contribution >= 0.6 is 0 Å². The highest BCUT2D eigenvalue weighted by Crippen LogP contribution is 2.29. The maximum absolute atomic E-state index is 13.2. The van der Waals surface area contributed by atoms with Crippen molar-refractivity contribution in [3.05, 3.63) is 57.5 Å². The third-order valence-corrected chi connectivity index (χ3v) is 3.40. The van der Waals surface area contributed by atoms with Gasteiger partial charge in [0.2, 0.25) is 0 Å². The lowest BCUT2D eigenvalue weighted by Gasteiger charge is -2.11. The quantitative estimate of drug-likeness (QED) is 0.780. The lowest BCUT2D eigenvalue weighted by Crippen LogP contribution is -2.27. The number of hydrogen-bond acceptors (Lipinski definition) is 4. The van der Waals surface area contributed by atoms with Crippen molar-refractivity contribution in [2.24, 2.45) is 0 Å². The zero-order valence-electron chi connectivity index (χ0n) is 14.6. The van der Waals surface area contributed by atoms with Gasteiger partial charge in [-0.2, -0.15) is 18.3 Å². The Morgan fingerprint density at radius 2 is 1.88 bits per heavy atom. The molecule has 0 unspecified atom stereocenters. The average Bonchev–Trinajstić information content (AvgIpc) is 2.56. The molecule has 0 aliphatic rings. The molecular weight excluding hydrogens is 347 g/mol. The molecule has 2 rings (SSSR count). The van der Waals surface area contributed by atoms with E-state index in [-0.39, 0.29) is 13.1 Å². The van der Waals surface area contributed by atoms with Gasteiger partial charge in [0.1, 0.15) is 11.4 Å². The van der Waals surface area contributed by atoms with E-state index in [1.54, 1.807) is 43.3 Å². The maximum atomic E-state index is 13.2. The van der Waals surface area contributed by atoms with Gasteiger partial charge in [0.05, 0.1) is 25.8 Å². The van der Waals surface area contributed by atoms with E-state index in [1.165, 1.54) is 7.11 Å². The van der Waals surface area contributed by atoms with E-state index in [0.717, 1.165) is 4.68 Å². The SMILES string of the molecule is COc1ccc(Cn2nc(C#CCN(C)C)c(C(F)(F)F)cc2=O)cc1. The van der Waals surface area contributed by atoms with Crippen LogP contribution in [-0.2, 0) is 12.7 Å². The number of ether oxygens (including phenoxy) is 1. The van der Waals surface area contributed by atoms with Gasteiger partial charge in [-0.3, -0.25) is 9.69 Å². The maximum Gasteiger partial charge on any atom is 0.419 e. The summed E-state index contributed by atoms with van der Waals surface area (Å²) < 4.78 is 45.5. The predicted octanol–water partition coefficient (Wildman–Crippen LogP) is 2.23. The second kappa shape index (κ2) is 8.06. The van der Waals surface area contributed by atoms with E-state index in [9.17, 15) is 18.0 Å². The van der Waals surface area contributed by atoms with E-state index in [0.29, 0.717) is 17.4 Å². The first kappa shape index (κ1) is 19.5. The largest absolute Gasteiger partial charge is 0.497 e. The number of halogens is 3. The smallest absolute Gasteiger partial charge is 0.419 e. The molecule has 0 aliphatic carbocycles. The molecule has 5 nitrogen and oxygen atoms in total. The predicted molar refractivity (Wildman–Crippen MR) is 91.0 cm³/mol. The molecule has 0 atom stereocenters. The van der Waals surface area contributed by atoms with Gasteiger partial charge in [0.25, 0.3) is 5.56 Å². The van der Waals surface area contributed by atoms with Crippen molar-refractivity contribution in [3.8, 4) is 17.6 Å². The van der Waals surface area contributed by atoms with Gasteiger partial charge in [-0.1, -0.05) is 18.1 Å². The second-order valence-corrected chi connectivity index (χ2v) is 5.79. The Bertz CT molecular complexity index is 876. The molecule has 0 amide bonds. The van der Waals surface area contributed by atoms with Gasteiger partial charge in [-0.05, 0) is 37.7 Å². The molecule has 138 valence electrons. The summed E-state index contributed by atoms with van der Waals surface area (Å²) in [6.07, 6.45) is -4.70. The van der Waals surface area contributed by atoms with E-state index in [2.05, 4.69) is 16.9 Å². The van der Waals surface area contributed by atoms with Crippen molar-refractivity contribution in [2.75, 3.05) is 27.7 Å². The Morgan fingerprint density at radius 1 is 1.23 bits per heavy atom. The van der Waals surface area contributed by atoms with Crippen LogP contribution in [0, 0.1) is 11.8 Å². The summed E-state index contributed by atoms with van der Waals surface area (Å²) in [5, 5.41) is 3.83. The van der Waals surface area contributed by atoms with Gasteiger partial charge in [0.15, 0.2) is 0 Å². The number of alkyl halides is 3. The number of aromatic nitrogens is 2. The van der Waals surface area contributed by atoms with Crippen molar-refractivity contribution in [3.63, 3.8) is 0 Å². The lowest BCUT2D eigenvalue weighted by molar-refractivity contribution is -0.138. The molecule has 2 aromatic rings. The van der Waals surface area contributed by atoms with Gasteiger partial charge in [-0.25, -0.2) is 4.68 Å². The molecule has 0 spiro atoms. The molecule has 0 fully saturated rings. The molecule has 1 heterocycles. The van der Waals surface area contributed by atoms with Crippen LogP contribution in [-0.4, -0.2) is 42.4 Å². The topological polar surface area (TPSA) is 47.4 Å². The Balaban J connectivity index is 2.42. The van der Waals surface area contributed by atoms with Gasteiger partial charge in [0, 0.05) is 6.07 Å². The summed E-state index contributed by atoms with van der Waals surface area (Å²) in [6.45, 7) is 0.305. The van der Waals surface area contributed by atoms with Crippen LogP contribution < -0.4 is 10.3 Å². The molecule has 0 saturated heterocycles. The average molecular weight is 365 g/mol. The highest BCUT2D eigenvalue weighted by Gasteiger charge is 2.35. The number of nitrogens with zero attached hydrogens (tertiary/aromatic N) is 3. The van der Waals surface area contributed by atoms with Crippen molar-refractivity contribution in [2.45, 2.75) is 12.7 Å². The van der Waals surface area contributed by atoms with Crippen LogP contribution in [0.25, 0.3) is 0 Å². The van der Waals surface area contributed by atoms with Crippen LogP contribution in [0.1, 0.15) is 16.8 Å². The first-order valence-corrected chi connectivity index (χ1v) is 7.66. The van der Waals surface area contributed by atoms with Crippen molar-refractivity contribution < 1.29 is 17.9 Å². The van der Waals surface area contributed by atoms with Crippen LogP contribution in [0.4, 0.5) is 13.2 Å². The van der Waals surface area contributed by atoms with E-state index in [4.69, 9.17) is 4.74 Å². The molecule has 1 aromatic carbocycles. The summed E-state index contributed by atoms with van der Waals surface area (Å²) in [5.74, 6) is 5.68. The number of methoxy groups -OCH3 is 1. The Morgan fingerprint density at radius 3 is 2.42 bits per heavy atom. The Hall–Kier alpha value is -2.79. The van der Waals surface area contributed by atoms with Crippen LogP contribution in [0.3, 0.4) is 0 Å². The van der Waals surface area contributed by atoms with Gasteiger partial charge >= 0.3 is 6.18 Å². The minimum atomic E-state index is -4.70. The van der Waals surface area contributed by atoms with Gasteiger partial charge in [-0.15, -0.1) is 0 Å². The van der Waals surface area contributed by atoms with Crippen LogP contribution in [0.15, 0.2) is 35.1 Å². The monoisotopic (exact) mass is 365 g/mol. The fourth-order valence-corrected chi connectivity index (χ4v) is 2.10. The third kappa shape index (κ3) is 5.10. The first-order valence-electron chi connectivity index (χ1n) is 7.66. The lowest BCUT2D eigenvalue weighted by atomic mass is 10.2. The summed E-state index contributed by atoms with van der Waals surface area (Å²) in [6, 6.07) is 7.35. The standard InChI is InChI=1S/C18H18F3N3O2/c1-23(2)10-4-5-16-15(18(19,20)21)11-17(25)24(22-16)12-13-6-8-14(26-3)9-7-13/h6-9,11H,10,12H2,1-3H3. The normalized spacial score (nSPS) is 11.2. The van der Waals surface area contributed by atoms with Crippen LogP contribution in [0.2, 0.25) is 0 Å². The number of hydrogen-bond donors (Lipinski definition) is 0. The zero-order chi connectivity index (χ0) is 19.3. The van der Waals surface area contributed by atoms with E-state index < -0.39 is 23.0 Å². The zero-order valence-corrected chi connectivity index (χ0v) is 14.6. The molecule has 0 aliphatic heterocycles. The summed E-state index contributed by atoms with van der Waals surface area (Å²) >= 11 is 0. The molecule has 0 N–H and O–H groups in total. The van der Waals surface area contributed by atoms with Crippen molar-refractivity contribution >= 4 is 0 Å². The molecule has 26 heavy (non-hydrogen) atoms. The molecule has 0 bridgehead atoms. The fraction of sp³-hybridized carbons (Fsp3) is 0.333. The molecule has 0 saturated carbocycles. The minimum absolute atomic E-state index is 0.0311. The molecular formula is C18H18F3N3O2. The Kier molecular flexibility index (Phi) is 6.05. The molecule has 8 heteroatoms. The number of benzene rings is 1. The first-order chi connectivity index (χ1) is 12.2. The second-order valence-electron chi connectivity index (χ2n) is 5.79. The highest BCUT2D eigenvalue weighted by atomic mass is 19.4. The minimum Gasteiger partial charge on any atom is -0.497 e. The van der Waals surface area contributed by atoms with E-state index >= 15 is 0 Å². The van der Waals surface area contributed by atoms with Crippen molar-refractivity contribution in [1.29, 1.82) is 0 Å². The fourth-order valence-electron chi connectivity index (χ4n) is 2.10. The van der Waals surface area contributed by atoms with E-state index in [1.807, 2.05) is 0 Å². The highest BCUT2D eigenvalue weighted by molar-refractivity contribution is 5.36. The number of rotatable bonds is 4. The van der Waals surface area contributed by atoms with Crippen LogP contribution in [0.5, 0.6) is 5.75 Å².